The summed E-state index contributed by atoms with van der Waals surface area (Å²) in [5.41, 5.74) is 2.83. The molecule has 0 aromatic heterocycles. The molecular weight excluding hydrogens is 484 g/mol. The van der Waals surface area contributed by atoms with Crippen LogP contribution in [-0.4, -0.2) is 47.9 Å². The van der Waals surface area contributed by atoms with E-state index in [0.717, 1.165) is 17.4 Å². The van der Waals surface area contributed by atoms with Gasteiger partial charge in [-0.15, -0.1) is 0 Å². The molecule has 0 saturated heterocycles. The number of sulfonamides is 1. The normalized spacial score (nSPS) is 10.9. The topological polar surface area (TPSA) is 111 Å². The number of nitrogens with zero attached hydrogens (tertiary/aromatic N) is 1. The van der Waals surface area contributed by atoms with Crippen molar-refractivity contribution >= 4 is 33.3 Å². The number of anilines is 2. The second-order valence-electron chi connectivity index (χ2n) is 8.00. The predicted octanol–water partition coefficient (Wildman–Crippen LogP) is 4.02. The molecule has 9 nitrogen and oxygen atoms in total. The minimum Gasteiger partial charge on any atom is -0.493 e. The van der Waals surface area contributed by atoms with Crippen LogP contribution in [0.2, 0.25) is 0 Å². The van der Waals surface area contributed by atoms with Crippen molar-refractivity contribution < 1.29 is 32.2 Å². The first-order valence-corrected chi connectivity index (χ1v) is 12.7. The Hall–Kier alpha value is -4.05. The van der Waals surface area contributed by atoms with Crippen LogP contribution in [0, 0.1) is 6.92 Å². The molecule has 0 fully saturated rings. The van der Waals surface area contributed by atoms with Crippen molar-refractivity contribution in [2.75, 3.05) is 37.2 Å². The molecule has 36 heavy (non-hydrogen) atoms. The molecule has 1 amide bonds. The lowest BCUT2D eigenvalue weighted by Gasteiger charge is -2.23. The highest BCUT2D eigenvalue weighted by atomic mass is 32.2. The number of rotatable bonds is 9. The standard InChI is InChI=1S/C26H28N2O7S/c1-17-6-8-18(9-7-17)16-28(36(5,31)32)20-12-10-19(11-13-20)25(29)27-22-15-24(34-3)23(33-2)14-21(22)26(30)35-4/h6-15H,16H2,1-5H3,(H,27,29). The maximum absolute atomic E-state index is 13.0. The van der Waals surface area contributed by atoms with Crippen molar-refractivity contribution in [1.29, 1.82) is 0 Å². The fraction of sp³-hybridized carbons (Fsp3) is 0.231. The van der Waals surface area contributed by atoms with Crippen LogP contribution in [0.3, 0.4) is 0 Å². The Morgan fingerprint density at radius 1 is 0.889 bits per heavy atom. The van der Waals surface area contributed by atoms with E-state index >= 15 is 0 Å². The number of benzene rings is 3. The summed E-state index contributed by atoms with van der Waals surface area (Å²) in [7, 11) is 0.508. The smallest absolute Gasteiger partial charge is 0.340 e. The van der Waals surface area contributed by atoms with E-state index in [-0.39, 0.29) is 23.4 Å². The molecule has 3 aromatic rings. The lowest BCUT2D eigenvalue weighted by Crippen LogP contribution is -2.29. The van der Waals surface area contributed by atoms with E-state index in [0.29, 0.717) is 17.2 Å². The fourth-order valence-corrected chi connectivity index (χ4v) is 4.38. The molecule has 0 unspecified atom stereocenters. The molecule has 0 saturated carbocycles. The van der Waals surface area contributed by atoms with Crippen LogP contribution in [0.15, 0.2) is 60.7 Å². The lowest BCUT2D eigenvalue weighted by atomic mass is 10.1. The van der Waals surface area contributed by atoms with E-state index in [4.69, 9.17) is 14.2 Å². The molecule has 0 bridgehead atoms. The number of esters is 1. The summed E-state index contributed by atoms with van der Waals surface area (Å²) in [6.45, 7) is 2.11. The highest BCUT2D eigenvalue weighted by molar-refractivity contribution is 7.92. The maximum atomic E-state index is 13.0. The molecule has 0 atom stereocenters. The Bertz CT molecular complexity index is 1350. The van der Waals surface area contributed by atoms with Crippen molar-refractivity contribution in [3.05, 3.63) is 82.9 Å². The van der Waals surface area contributed by atoms with Crippen LogP contribution < -0.4 is 19.1 Å². The monoisotopic (exact) mass is 512 g/mol. The van der Waals surface area contributed by atoms with Crippen LogP contribution >= 0.6 is 0 Å². The van der Waals surface area contributed by atoms with Gasteiger partial charge in [-0.25, -0.2) is 13.2 Å². The first kappa shape index (κ1) is 26.6. The first-order chi connectivity index (χ1) is 17.1. The maximum Gasteiger partial charge on any atom is 0.340 e. The quantitative estimate of drug-likeness (QED) is 0.431. The Labute approximate surface area is 210 Å². The molecule has 0 aliphatic heterocycles. The van der Waals surface area contributed by atoms with Crippen molar-refractivity contribution in [1.82, 2.24) is 0 Å². The molecule has 0 aliphatic rings. The molecule has 10 heteroatoms. The van der Waals surface area contributed by atoms with Crippen molar-refractivity contribution in [3.63, 3.8) is 0 Å². The van der Waals surface area contributed by atoms with Crippen molar-refractivity contribution in [2.45, 2.75) is 13.5 Å². The van der Waals surface area contributed by atoms with E-state index in [9.17, 15) is 18.0 Å². The number of ether oxygens (including phenoxy) is 3. The number of amides is 1. The van der Waals surface area contributed by atoms with Gasteiger partial charge in [0.2, 0.25) is 10.0 Å². The SMILES string of the molecule is COC(=O)c1cc(OC)c(OC)cc1NC(=O)c1ccc(N(Cc2ccc(C)cc2)S(C)(=O)=O)cc1. The van der Waals surface area contributed by atoms with E-state index in [1.165, 1.54) is 49.9 Å². The summed E-state index contributed by atoms with van der Waals surface area (Å²) < 4.78 is 41.6. The number of aryl methyl sites for hydroxylation is 1. The molecular formula is C26H28N2O7S. The summed E-state index contributed by atoms with van der Waals surface area (Å²) in [5, 5.41) is 2.68. The van der Waals surface area contributed by atoms with Crippen LogP contribution in [0.4, 0.5) is 11.4 Å². The van der Waals surface area contributed by atoms with Gasteiger partial charge in [-0.05, 0) is 36.8 Å². The number of methoxy groups -OCH3 is 3. The van der Waals surface area contributed by atoms with Crippen LogP contribution in [0.5, 0.6) is 11.5 Å². The lowest BCUT2D eigenvalue weighted by molar-refractivity contribution is 0.0601. The molecule has 190 valence electrons. The van der Waals surface area contributed by atoms with Crippen LogP contribution in [-0.2, 0) is 21.3 Å². The number of nitrogens with one attached hydrogen (secondary N) is 1. The van der Waals surface area contributed by atoms with Gasteiger partial charge in [0.25, 0.3) is 5.91 Å². The average molecular weight is 513 g/mol. The molecule has 0 aliphatic carbocycles. The zero-order chi connectivity index (χ0) is 26.5. The third kappa shape index (κ3) is 6.14. The number of hydrogen-bond donors (Lipinski definition) is 1. The Morgan fingerprint density at radius 2 is 1.47 bits per heavy atom. The molecule has 1 N–H and O–H groups in total. The molecule has 3 rings (SSSR count). The third-order valence-corrected chi connectivity index (χ3v) is 6.58. The predicted molar refractivity (Wildman–Crippen MR) is 137 cm³/mol. The second-order valence-corrected chi connectivity index (χ2v) is 9.91. The van der Waals surface area contributed by atoms with E-state index in [2.05, 4.69) is 5.32 Å². The van der Waals surface area contributed by atoms with E-state index in [1.54, 1.807) is 12.1 Å². The van der Waals surface area contributed by atoms with Crippen molar-refractivity contribution in [3.8, 4) is 11.5 Å². The first-order valence-electron chi connectivity index (χ1n) is 10.9. The summed E-state index contributed by atoms with van der Waals surface area (Å²) in [6.07, 6.45) is 1.13. The summed E-state index contributed by atoms with van der Waals surface area (Å²) >= 11 is 0. The zero-order valence-corrected chi connectivity index (χ0v) is 21.5. The van der Waals surface area contributed by atoms with Gasteiger partial charge in [0, 0.05) is 17.7 Å². The van der Waals surface area contributed by atoms with Gasteiger partial charge >= 0.3 is 5.97 Å². The second kappa shape index (κ2) is 11.1. The molecule has 0 heterocycles. The molecule has 0 spiro atoms. The zero-order valence-electron chi connectivity index (χ0n) is 20.7. The number of carbonyl (C=O) groups excluding carboxylic acids is 2. The highest BCUT2D eigenvalue weighted by Crippen LogP contribution is 2.34. The summed E-state index contributed by atoms with van der Waals surface area (Å²) in [5.74, 6) is -0.560. The van der Waals surface area contributed by atoms with E-state index < -0.39 is 21.9 Å². The highest BCUT2D eigenvalue weighted by Gasteiger charge is 2.21. The average Bonchev–Trinajstić information content (AvgIpc) is 2.86. The fourth-order valence-electron chi connectivity index (χ4n) is 3.49. The van der Waals surface area contributed by atoms with Gasteiger partial charge in [-0.3, -0.25) is 9.10 Å². The van der Waals surface area contributed by atoms with Gasteiger partial charge in [0.15, 0.2) is 11.5 Å². The van der Waals surface area contributed by atoms with Crippen LogP contribution in [0.1, 0.15) is 31.8 Å². The Balaban J connectivity index is 1.88. The number of hydrogen-bond acceptors (Lipinski definition) is 7. The van der Waals surface area contributed by atoms with E-state index in [1.807, 2.05) is 31.2 Å². The minimum absolute atomic E-state index is 0.0847. The van der Waals surface area contributed by atoms with Gasteiger partial charge in [0.1, 0.15) is 0 Å². The van der Waals surface area contributed by atoms with Gasteiger partial charge in [0.05, 0.1) is 51.1 Å². The largest absolute Gasteiger partial charge is 0.493 e. The van der Waals surface area contributed by atoms with Crippen molar-refractivity contribution in [2.24, 2.45) is 0 Å². The van der Waals surface area contributed by atoms with Gasteiger partial charge < -0.3 is 19.5 Å². The van der Waals surface area contributed by atoms with Gasteiger partial charge in [-0.1, -0.05) is 29.8 Å². The third-order valence-electron chi connectivity index (χ3n) is 5.44. The Kier molecular flexibility index (Phi) is 8.21. The molecule has 3 aromatic carbocycles. The molecule has 0 radical (unpaired) electrons. The Morgan fingerprint density at radius 3 is 2.00 bits per heavy atom. The number of carbonyl (C=O) groups is 2. The minimum atomic E-state index is -3.58. The van der Waals surface area contributed by atoms with Crippen LogP contribution in [0.25, 0.3) is 0 Å². The summed E-state index contributed by atoms with van der Waals surface area (Å²) in [4.78, 5) is 25.2. The van der Waals surface area contributed by atoms with Gasteiger partial charge in [-0.2, -0.15) is 0 Å². The summed E-state index contributed by atoms with van der Waals surface area (Å²) in [6, 6.07) is 16.6.